The molecule has 0 atom stereocenters. The van der Waals surface area contributed by atoms with Crippen LogP contribution in [0.25, 0.3) is 0 Å². The largest absolute Gasteiger partial charge is 0.493 e. The van der Waals surface area contributed by atoms with Crippen molar-refractivity contribution in [3.05, 3.63) is 29.6 Å². The van der Waals surface area contributed by atoms with E-state index < -0.39 is 5.82 Å². The summed E-state index contributed by atoms with van der Waals surface area (Å²) in [5.74, 6) is -0.181. The van der Waals surface area contributed by atoms with Crippen molar-refractivity contribution in [1.29, 1.82) is 0 Å². The smallest absolute Gasteiger partial charge is 0.137 e. The third-order valence-electron chi connectivity index (χ3n) is 1.78. The maximum atomic E-state index is 13.3. The molecule has 0 aliphatic rings. The van der Waals surface area contributed by atoms with Crippen LogP contribution in [0.15, 0.2) is 18.2 Å². The number of thiocarbonyl (C=S) groups is 1. The number of ether oxygens (including phenoxy) is 1. The molecule has 0 saturated heterocycles. The summed E-state index contributed by atoms with van der Waals surface area (Å²) in [6, 6.07) is 4.38. The van der Waals surface area contributed by atoms with Gasteiger partial charge in [-0.25, -0.2) is 4.39 Å². The first-order chi connectivity index (χ1) is 7.16. The van der Waals surface area contributed by atoms with Gasteiger partial charge in [-0.1, -0.05) is 18.3 Å². The molecule has 0 spiro atoms. The molecule has 1 aromatic rings. The monoisotopic (exact) mass is 229 g/mol. The molecule has 3 nitrogen and oxygen atoms in total. The Morgan fingerprint density at radius 1 is 1.53 bits per heavy atom. The van der Waals surface area contributed by atoms with Crippen molar-refractivity contribution in [3.63, 3.8) is 0 Å². The zero-order chi connectivity index (χ0) is 11.3. The number of hydrogen-bond donors (Lipinski definition) is 2. The van der Waals surface area contributed by atoms with Crippen molar-refractivity contribution in [2.45, 2.75) is 6.42 Å². The van der Waals surface area contributed by atoms with Crippen LogP contribution in [-0.4, -0.2) is 23.3 Å². The maximum absolute atomic E-state index is 13.3. The summed E-state index contributed by atoms with van der Waals surface area (Å²) in [6.07, 6.45) is 0.479. The second-order valence-corrected chi connectivity index (χ2v) is 3.34. The predicted octanol–water partition coefficient (Wildman–Crippen LogP) is 1.22. The lowest BCUT2D eigenvalue weighted by Gasteiger charge is -2.10. The first-order valence-corrected chi connectivity index (χ1v) is 4.89. The molecule has 3 N–H and O–H groups in total. The molecule has 0 heterocycles. The molecule has 0 fully saturated rings. The summed E-state index contributed by atoms with van der Waals surface area (Å²) in [5.41, 5.74) is 5.50. The Hall–Kier alpha value is -1.20. The highest BCUT2D eigenvalue weighted by atomic mass is 32.1. The third-order valence-corrected chi connectivity index (χ3v) is 1.99. The second kappa shape index (κ2) is 5.63. The van der Waals surface area contributed by atoms with Crippen LogP contribution in [-0.2, 0) is 0 Å². The predicted molar refractivity (Wildman–Crippen MR) is 59.5 cm³/mol. The van der Waals surface area contributed by atoms with Crippen molar-refractivity contribution < 1.29 is 14.2 Å². The zero-order valence-corrected chi connectivity index (χ0v) is 8.89. The van der Waals surface area contributed by atoms with E-state index in [9.17, 15) is 4.39 Å². The molecule has 0 amide bonds. The van der Waals surface area contributed by atoms with Gasteiger partial charge in [0.1, 0.15) is 16.6 Å². The number of rotatable bonds is 5. The maximum Gasteiger partial charge on any atom is 0.137 e. The molecule has 5 heteroatoms. The minimum atomic E-state index is -0.496. The molecule has 0 aliphatic heterocycles. The molecule has 0 radical (unpaired) electrons. The van der Waals surface area contributed by atoms with E-state index in [0.717, 1.165) is 0 Å². The number of aliphatic hydroxyl groups excluding tert-OH is 1. The molecule has 1 rings (SSSR count). The number of benzene rings is 1. The van der Waals surface area contributed by atoms with Gasteiger partial charge >= 0.3 is 0 Å². The Morgan fingerprint density at radius 3 is 2.87 bits per heavy atom. The van der Waals surface area contributed by atoms with Gasteiger partial charge in [0.2, 0.25) is 0 Å². The second-order valence-electron chi connectivity index (χ2n) is 2.90. The highest BCUT2D eigenvalue weighted by Gasteiger charge is 2.11. The minimum absolute atomic E-state index is 0.0255. The van der Waals surface area contributed by atoms with E-state index >= 15 is 0 Å². The van der Waals surface area contributed by atoms with E-state index in [0.29, 0.717) is 18.8 Å². The molecule has 82 valence electrons. The fourth-order valence-electron chi connectivity index (χ4n) is 1.11. The van der Waals surface area contributed by atoms with Gasteiger partial charge in [0, 0.05) is 13.0 Å². The van der Waals surface area contributed by atoms with Crippen molar-refractivity contribution >= 4 is 17.2 Å². The van der Waals surface area contributed by atoms with Gasteiger partial charge in [-0.05, 0) is 12.1 Å². The quantitative estimate of drug-likeness (QED) is 0.589. The summed E-state index contributed by atoms with van der Waals surface area (Å²) in [6.45, 7) is 0.327. The fraction of sp³-hybridized carbons (Fsp3) is 0.300. The van der Waals surface area contributed by atoms with Gasteiger partial charge in [0.05, 0.1) is 12.2 Å². The fourth-order valence-corrected chi connectivity index (χ4v) is 1.31. The molecule has 0 aliphatic carbocycles. The van der Waals surface area contributed by atoms with E-state index in [1.165, 1.54) is 12.1 Å². The lowest BCUT2D eigenvalue weighted by Crippen LogP contribution is -2.14. The van der Waals surface area contributed by atoms with E-state index in [-0.39, 0.29) is 17.2 Å². The number of halogens is 1. The van der Waals surface area contributed by atoms with Crippen molar-refractivity contribution in [3.8, 4) is 5.75 Å². The summed E-state index contributed by atoms with van der Waals surface area (Å²) in [5, 5.41) is 8.57. The van der Waals surface area contributed by atoms with Crippen LogP contribution in [0.5, 0.6) is 5.75 Å². The third kappa shape index (κ3) is 3.14. The van der Waals surface area contributed by atoms with Crippen LogP contribution in [0.4, 0.5) is 4.39 Å². The van der Waals surface area contributed by atoms with Gasteiger partial charge in [0.15, 0.2) is 0 Å². The van der Waals surface area contributed by atoms with Crippen LogP contribution < -0.4 is 10.5 Å². The van der Waals surface area contributed by atoms with E-state index in [1.54, 1.807) is 6.07 Å². The van der Waals surface area contributed by atoms with E-state index in [1.807, 2.05) is 0 Å². The topological polar surface area (TPSA) is 55.5 Å². The van der Waals surface area contributed by atoms with Gasteiger partial charge in [-0.3, -0.25) is 0 Å². The van der Waals surface area contributed by atoms with E-state index in [2.05, 4.69) is 0 Å². The SMILES string of the molecule is NC(=S)c1c(F)cccc1OCCCO. The highest BCUT2D eigenvalue weighted by molar-refractivity contribution is 7.80. The van der Waals surface area contributed by atoms with Crippen molar-refractivity contribution in [1.82, 2.24) is 0 Å². The average molecular weight is 229 g/mol. The first-order valence-electron chi connectivity index (χ1n) is 4.48. The Bertz CT molecular complexity index is 357. The Balaban J connectivity index is 2.86. The van der Waals surface area contributed by atoms with Gasteiger partial charge < -0.3 is 15.6 Å². The number of nitrogens with two attached hydrogens (primary N) is 1. The highest BCUT2D eigenvalue weighted by Crippen LogP contribution is 2.21. The van der Waals surface area contributed by atoms with Gasteiger partial charge in [0.25, 0.3) is 0 Å². The molecular formula is C10H12FNO2S. The van der Waals surface area contributed by atoms with Crippen LogP contribution >= 0.6 is 12.2 Å². The normalized spacial score (nSPS) is 10.0. The molecule has 0 unspecified atom stereocenters. The molecule has 0 bridgehead atoms. The lowest BCUT2D eigenvalue weighted by atomic mass is 10.2. The Morgan fingerprint density at radius 2 is 2.27 bits per heavy atom. The standard InChI is InChI=1S/C10H12FNO2S/c11-7-3-1-4-8(9(7)10(12)15)14-6-2-5-13/h1,3-4,13H,2,5-6H2,(H2,12,15). The van der Waals surface area contributed by atoms with Gasteiger partial charge in [-0.2, -0.15) is 0 Å². The van der Waals surface area contributed by atoms with Crippen LogP contribution in [0.2, 0.25) is 0 Å². The number of aliphatic hydroxyl groups is 1. The molecule has 0 saturated carbocycles. The van der Waals surface area contributed by atoms with Crippen LogP contribution in [0.1, 0.15) is 12.0 Å². The minimum Gasteiger partial charge on any atom is -0.493 e. The Labute approximate surface area is 92.7 Å². The summed E-state index contributed by atoms with van der Waals surface area (Å²) >= 11 is 4.72. The molecule has 1 aromatic carbocycles. The Kier molecular flexibility index (Phi) is 4.45. The van der Waals surface area contributed by atoms with Gasteiger partial charge in [-0.15, -0.1) is 0 Å². The lowest BCUT2D eigenvalue weighted by molar-refractivity contribution is 0.233. The van der Waals surface area contributed by atoms with Crippen molar-refractivity contribution in [2.24, 2.45) is 5.73 Å². The summed E-state index contributed by atoms with van der Waals surface area (Å²) in [7, 11) is 0. The van der Waals surface area contributed by atoms with Crippen LogP contribution in [0, 0.1) is 5.82 Å². The molecular weight excluding hydrogens is 217 g/mol. The summed E-state index contributed by atoms with van der Waals surface area (Å²) < 4.78 is 18.6. The molecule has 0 aromatic heterocycles. The van der Waals surface area contributed by atoms with Crippen molar-refractivity contribution in [2.75, 3.05) is 13.2 Å². The number of hydrogen-bond acceptors (Lipinski definition) is 3. The first kappa shape index (κ1) is 11.9. The summed E-state index contributed by atoms with van der Waals surface area (Å²) in [4.78, 5) is -0.0351. The van der Waals surface area contributed by atoms with E-state index in [4.69, 9.17) is 27.8 Å². The average Bonchev–Trinajstić information content (AvgIpc) is 2.17. The zero-order valence-electron chi connectivity index (χ0n) is 8.07. The van der Waals surface area contributed by atoms with Crippen LogP contribution in [0.3, 0.4) is 0 Å². The molecule has 15 heavy (non-hydrogen) atoms.